The van der Waals surface area contributed by atoms with E-state index in [0.29, 0.717) is 37.5 Å². The smallest absolute Gasteiger partial charge is 0.273 e. The van der Waals surface area contributed by atoms with Crippen molar-refractivity contribution in [3.05, 3.63) is 58.3 Å². The topological polar surface area (TPSA) is 88.3 Å². The maximum atomic E-state index is 12.9. The lowest BCUT2D eigenvalue weighted by Crippen LogP contribution is -2.40. The molecule has 2 aromatic heterocycles. The van der Waals surface area contributed by atoms with Gasteiger partial charge in [-0.05, 0) is 49.3 Å². The Morgan fingerprint density at radius 3 is 2.93 bits per heavy atom. The molecule has 0 saturated heterocycles. The van der Waals surface area contributed by atoms with E-state index >= 15 is 0 Å². The van der Waals surface area contributed by atoms with E-state index in [0.717, 1.165) is 42.5 Å². The lowest BCUT2D eigenvalue weighted by atomic mass is 9.90. The van der Waals surface area contributed by atoms with E-state index in [2.05, 4.69) is 27.6 Å². The van der Waals surface area contributed by atoms with Gasteiger partial charge in [-0.1, -0.05) is 24.2 Å². The molecule has 1 aliphatic heterocycles. The monoisotopic (exact) mass is 408 g/mol. The number of aromatic nitrogens is 2. The number of nitrogens with zero attached hydrogens (tertiary/aromatic N) is 3. The van der Waals surface area contributed by atoms with Gasteiger partial charge in [-0.2, -0.15) is 0 Å². The third-order valence-corrected chi connectivity index (χ3v) is 6.09. The van der Waals surface area contributed by atoms with Crippen molar-refractivity contribution in [3.8, 4) is 0 Å². The number of fused-ring (bicyclic) bond motifs is 1. The molecule has 0 spiro atoms. The molecule has 2 amide bonds. The minimum atomic E-state index is -0.256. The van der Waals surface area contributed by atoms with E-state index in [1.54, 1.807) is 6.07 Å². The molecule has 158 valence electrons. The molecule has 30 heavy (non-hydrogen) atoms. The highest BCUT2D eigenvalue weighted by Gasteiger charge is 2.28. The van der Waals surface area contributed by atoms with Crippen molar-refractivity contribution >= 4 is 11.8 Å². The Hall–Kier alpha value is -2.96. The van der Waals surface area contributed by atoms with Crippen LogP contribution in [0.5, 0.6) is 0 Å². The first-order valence-corrected chi connectivity index (χ1v) is 10.7. The lowest BCUT2D eigenvalue weighted by Gasteiger charge is -2.33. The summed E-state index contributed by atoms with van der Waals surface area (Å²) in [5, 5.41) is 6.77. The standard InChI is InChI=1S/C23H28N4O3/c1-3-18-11-21(26-30-18)22(28)25-13-20-15(2)24-12-17-14-27(10-9-19(17)20)23(29)16-7-5-4-6-8-16/h4-5,11-12,16H,3,6-10,13-14H2,1-2H3,(H,25,28). The van der Waals surface area contributed by atoms with Gasteiger partial charge in [0.1, 0.15) is 5.76 Å². The Kier molecular flexibility index (Phi) is 5.97. The second-order valence-electron chi connectivity index (χ2n) is 8.03. The molecule has 7 nitrogen and oxygen atoms in total. The zero-order valence-electron chi connectivity index (χ0n) is 17.6. The molecule has 0 radical (unpaired) electrons. The molecular formula is C23H28N4O3. The van der Waals surface area contributed by atoms with Crippen LogP contribution in [0.3, 0.4) is 0 Å². The van der Waals surface area contributed by atoms with E-state index in [-0.39, 0.29) is 17.7 Å². The number of nitrogens with one attached hydrogen (secondary N) is 1. The average molecular weight is 409 g/mol. The number of carbonyl (C=O) groups excluding carboxylic acids is 2. The van der Waals surface area contributed by atoms with Crippen LogP contribution >= 0.6 is 0 Å². The van der Waals surface area contributed by atoms with Gasteiger partial charge in [0, 0.05) is 49.9 Å². The van der Waals surface area contributed by atoms with Gasteiger partial charge in [-0.3, -0.25) is 14.6 Å². The predicted octanol–water partition coefficient (Wildman–Crippen LogP) is 3.11. The summed E-state index contributed by atoms with van der Waals surface area (Å²) >= 11 is 0. The van der Waals surface area contributed by atoms with Crippen molar-refractivity contribution in [1.29, 1.82) is 0 Å². The molecule has 3 heterocycles. The van der Waals surface area contributed by atoms with Gasteiger partial charge in [-0.15, -0.1) is 0 Å². The highest BCUT2D eigenvalue weighted by atomic mass is 16.5. The molecule has 0 bridgehead atoms. The molecule has 0 aromatic carbocycles. The van der Waals surface area contributed by atoms with E-state index < -0.39 is 0 Å². The molecule has 1 atom stereocenters. The Morgan fingerprint density at radius 2 is 2.20 bits per heavy atom. The highest BCUT2D eigenvalue weighted by Crippen LogP contribution is 2.27. The molecule has 7 heteroatoms. The molecule has 0 fully saturated rings. The largest absolute Gasteiger partial charge is 0.361 e. The number of carbonyl (C=O) groups is 2. The average Bonchev–Trinajstić information content (AvgIpc) is 3.27. The van der Waals surface area contributed by atoms with Gasteiger partial charge >= 0.3 is 0 Å². The van der Waals surface area contributed by atoms with Crippen molar-refractivity contribution in [2.24, 2.45) is 5.92 Å². The fourth-order valence-corrected chi connectivity index (χ4v) is 4.27. The van der Waals surface area contributed by atoms with Crippen LogP contribution in [-0.4, -0.2) is 33.4 Å². The second kappa shape index (κ2) is 8.81. The minimum absolute atomic E-state index is 0.101. The van der Waals surface area contributed by atoms with Crippen LogP contribution in [0.25, 0.3) is 0 Å². The van der Waals surface area contributed by atoms with E-state index in [9.17, 15) is 9.59 Å². The van der Waals surface area contributed by atoms with Crippen LogP contribution in [0.15, 0.2) is 28.9 Å². The Bertz CT molecular complexity index is 979. The molecule has 1 unspecified atom stereocenters. The molecule has 1 aliphatic carbocycles. The van der Waals surface area contributed by atoms with Crippen LogP contribution in [0.1, 0.15) is 64.8 Å². The second-order valence-corrected chi connectivity index (χ2v) is 8.03. The molecular weight excluding hydrogens is 380 g/mol. The van der Waals surface area contributed by atoms with Crippen molar-refractivity contribution in [2.75, 3.05) is 6.54 Å². The van der Waals surface area contributed by atoms with Crippen LogP contribution in [-0.2, 0) is 30.7 Å². The first kappa shape index (κ1) is 20.3. The zero-order chi connectivity index (χ0) is 21.1. The Morgan fingerprint density at radius 1 is 1.33 bits per heavy atom. The van der Waals surface area contributed by atoms with E-state index in [1.165, 1.54) is 5.56 Å². The summed E-state index contributed by atoms with van der Waals surface area (Å²) in [7, 11) is 0. The van der Waals surface area contributed by atoms with Gasteiger partial charge in [0.2, 0.25) is 5.91 Å². The third kappa shape index (κ3) is 4.15. The number of rotatable bonds is 5. The Labute approximate surface area is 176 Å². The van der Waals surface area contributed by atoms with Gasteiger partial charge in [0.05, 0.1) is 0 Å². The van der Waals surface area contributed by atoms with Crippen LogP contribution in [0.2, 0.25) is 0 Å². The Balaban J connectivity index is 1.45. The van der Waals surface area contributed by atoms with Crippen LogP contribution in [0.4, 0.5) is 0 Å². The fraction of sp³-hybridized carbons (Fsp3) is 0.478. The van der Waals surface area contributed by atoms with Crippen molar-refractivity contribution in [3.63, 3.8) is 0 Å². The van der Waals surface area contributed by atoms with Crippen molar-refractivity contribution in [1.82, 2.24) is 20.4 Å². The van der Waals surface area contributed by atoms with Crippen LogP contribution < -0.4 is 5.32 Å². The molecule has 1 N–H and O–H groups in total. The molecule has 4 rings (SSSR count). The number of hydrogen-bond donors (Lipinski definition) is 1. The number of hydrogen-bond acceptors (Lipinski definition) is 5. The highest BCUT2D eigenvalue weighted by molar-refractivity contribution is 5.92. The normalized spacial score (nSPS) is 18.2. The van der Waals surface area contributed by atoms with E-state index in [1.807, 2.05) is 24.9 Å². The van der Waals surface area contributed by atoms with Gasteiger partial charge in [-0.25, -0.2) is 0 Å². The number of pyridine rings is 1. The molecule has 0 saturated carbocycles. The lowest BCUT2D eigenvalue weighted by molar-refractivity contribution is -0.136. The number of amides is 2. The number of aryl methyl sites for hydroxylation is 2. The van der Waals surface area contributed by atoms with Gasteiger partial charge in [0.15, 0.2) is 5.69 Å². The quantitative estimate of drug-likeness (QED) is 0.768. The maximum absolute atomic E-state index is 12.9. The summed E-state index contributed by atoms with van der Waals surface area (Å²) in [6.07, 6.45) is 10.4. The number of allylic oxidation sites excluding steroid dienone is 2. The first-order chi connectivity index (χ1) is 14.6. The predicted molar refractivity (Wildman–Crippen MR) is 112 cm³/mol. The van der Waals surface area contributed by atoms with Gasteiger partial charge < -0.3 is 14.7 Å². The molecule has 2 aromatic rings. The zero-order valence-corrected chi connectivity index (χ0v) is 17.6. The SMILES string of the molecule is CCc1cc(C(=O)NCc2c(C)ncc3c2CCN(C(=O)C2CC=CCC2)C3)no1. The maximum Gasteiger partial charge on any atom is 0.273 e. The summed E-state index contributed by atoms with van der Waals surface area (Å²) in [5.41, 5.74) is 4.50. The van der Waals surface area contributed by atoms with Crippen LogP contribution in [0, 0.1) is 12.8 Å². The van der Waals surface area contributed by atoms with Gasteiger partial charge in [0.25, 0.3) is 5.91 Å². The third-order valence-electron chi connectivity index (χ3n) is 6.09. The summed E-state index contributed by atoms with van der Waals surface area (Å²) in [4.78, 5) is 31.8. The summed E-state index contributed by atoms with van der Waals surface area (Å²) in [5.74, 6) is 0.782. The summed E-state index contributed by atoms with van der Waals surface area (Å²) in [6, 6.07) is 1.67. The summed E-state index contributed by atoms with van der Waals surface area (Å²) in [6.45, 7) is 5.59. The summed E-state index contributed by atoms with van der Waals surface area (Å²) < 4.78 is 5.12. The first-order valence-electron chi connectivity index (χ1n) is 10.7. The van der Waals surface area contributed by atoms with E-state index in [4.69, 9.17) is 4.52 Å². The minimum Gasteiger partial charge on any atom is -0.361 e. The van der Waals surface area contributed by atoms with Crippen molar-refractivity contribution < 1.29 is 14.1 Å². The van der Waals surface area contributed by atoms with Crippen molar-refractivity contribution in [2.45, 2.75) is 59.0 Å². The molecule has 2 aliphatic rings. The fourth-order valence-electron chi connectivity index (χ4n) is 4.27.